The van der Waals surface area contributed by atoms with Crippen molar-refractivity contribution in [2.45, 2.75) is 32.6 Å². The fourth-order valence-corrected chi connectivity index (χ4v) is 1.91. The van der Waals surface area contributed by atoms with Crippen molar-refractivity contribution >= 4 is 21.6 Å². The van der Waals surface area contributed by atoms with Crippen molar-refractivity contribution < 1.29 is 4.39 Å². The number of nitrogens with one attached hydrogen (secondary N) is 1. The van der Waals surface area contributed by atoms with E-state index in [4.69, 9.17) is 0 Å². The second-order valence-electron chi connectivity index (χ2n) is 3.58. The Morgan fingerprint density at radius 1 is 1.27 bits per heavy atom. The number of para-hydroxylation sites is 1. The molecule has 0 fully saturated rings. The molecule has 1 rings (SSSR count). The molecule has 1 nitrogen and oxygen atoms in total. The first-order chi connectivity index (χ1) is 7.25. The Balaban J connectivity index is 2.37. The van der Waals surface area contributed by atoms with Crippen molar-refractivity contribution in [2.75, 3.05) is 11.9 Å². The minimum Gasteiger partial charge on any atom is -0.382 e. The Kier molecular flexibility index (Phi) is 5.69. The highest BCUT2D eigenvalue weighted by atomic mass is 79.9. The molecule has 0 aliphatic carbocycles. The minimum absolute atomic E-state index is 0.195. The summed E-state index contributed by atoms with van der Waals surface area (Å²) in [6.45, 7) is 3.01. The molecule has 0 aliphatic heterocycles. The Bertz CT molecular complexity index is 281. The maximum absolute atomic E-state index is 13.3. The molecule has 0 spiro atoms. The van der Waals surface area contributed by atoms with Crippen molar-refractivity contribution in [3.05, 3.63) is 28.5 Å². The molecule has 0 heterocycles. The van der Waals surface area contributed by atoms with E-state index in [9.17, 15) is 4.39 Å². The molecule has 0 bridgehead atoms. The molecule has 1 aromatic rings. The number of benzene rings is 1. The van der Waals surface area contributed by atoms with Crippen LogP contribution in [0, 0.1) is 5.82 Å². The van der Waals surface area contributed by atoms with Gasteiger partial charge in [-0.15, -0.1) is 0 Å². The lowest BCUT2D eigenvalue weighted by Gasteiger charge is -2.09. The van der Waals surface area contributed by atoms with Gasteiger partial charge < -0.3 is 5.32 Å². The molecule has 1 aromatic carbocycles. The lowest BCUT2D eigenvalue weighted by molar-refractivity contribution is 0.626. The number of hydrogen-bond acceptors (Lipinski definition) is 1. The summed E-state index contributed by atoms with van der Waals surface area (Å²) in [5.41, 5.74) is 0.578. The third-order valence-electron chi connectivity index (χ3n) is 2.29. The van der Waals surface area contributed by atoms with Crippen LogP contribution in [0.1, 0.15) is 32.6 Å². The number of anilines is 1. The molecule has 0 atom stereocenters. The Hall–Kier alpha value is -0.570. The summed E-state index contributed by atoms with van der Waals surface area (Å²) in [5.74, 6) is -0.195. The van der Waals surface area contributed by atoms with E-state index >= 15 is 0 Å². The number of rotatable bonds is 6. The van der Waals surface area contributed by atoms with Crippen LogP contribution in [0.3, 0.4) is 0 Å². The first kappa shape index (κ1) is 12.5. The van der Waals surface area contributed by atoms with Gasteiger partial charge >= 0.3 is 0 Å². The monoisotopic (exact) mass is 273 g/mol. The van der Waals surface area contributed by atoms with Crippen LogP contribution in [-0.2, 0) is 0 Å². The lowest BCUT2D eigenvalue weighted by Crippen LogP contribution is -2.03. The first-order valence-corrected chi connectivity index (χ1v) is 6.23. The zero-order chi connectivity index (χ0) is 11.1. The molecule has 1 N–H and O–H groups in total. The van der Waals surface area contributed by atoms with E-state index in [0.717, 1.165) is 17.4 Å². The molecular weight excluding hydrogens is 257 g/mol. The summed E-state index contributed by atoms with van der Waals surface area (Å²) in [7, 11) is 0. The van der Waals surface area contributed by atoms with Crippen LogP contribution in [0.25, 0.3) is 0 Å². The standard InChI is InChI=1S/C12H17BrFN/c1-2-3-4-5-9-15-12-10(13)7-6-8-11(12)14/h6-8,15H,2-5,9H2,1H3. The van der Waals surface area contributed by atoms with Crippen LogP contribution in [-0.4, -0.2) is 6.54 Å². The van der Waals surface area contributed by atoms with E-state index in [-0.39, 0.29) is 5.82 Å². The number of halogens is 2. The topological polar surface area (TPSA) is 12.0 Å². The normalized spacial score (nSPS) is 10.3. The van der Waals surface area contributed by atoms with E-state index in [1.54, 1.807) is 6.07 Å². The quantitative estimate of drug-likeness (QED) is 0.749. The largest absolute Gasteiger partial charge is 0.382 e. The van der Waals surface area contributed by atoms with Crippen LogP contribution in [0.2, 0.25) is 0 Å². The minimum atomic E-state index is -0.195. The van der Waals surface area contributed by atoms with Gasteiger partial charge in [0.1, 0.15) is 5.82 Å². The van der Waals surface area contributed by atoms with Gasteiger partial charge in [0.2, 0.25) is 0 Å². The van der Waals surface area contributed by atoms with E-state index in [0.29, 0.717) is 5.69 Å². The van der Waals surface area contributed by atoms with Gasteiger partial charge in [0.05, 0.1) is 5.69 Å². The van der Waals surface area contributed by atoms with Crippen molar-refractivity contribution in [2.24, 2.45) is 0 Å². The highest BCUT2D eigenvalue weighted by Gasteiger charge is 2.04. The second kappa shape index (κ2) is 6.83. The average molecular weight is 274 g/mol. The van der Waals surface area contributed by atoms with E-state index < -0.39 is 0 Å². The molecular formula is C12H17BrFN. The van der Waals surface area contributed by atoms with E-state index in [1.807, 2.05) is 6.07 Å². The maximum Gasteiger partial charge on any atom is 0.147 e. The molecule has 15 heavy (non-hydrogen) atoms. The van der Waals surface area contributed by atoms with Crippen LogP contribution in [0.15, 0.2) is 22.7 Å². The summed E-state index contributed by atoms with van der Waals surface area (Å²) in [6, 6.07) is 5.01. The van der Waals surface area contributed by atoms with Crippen LogP contribution in [0.4, 0.5) is 10.1 Å². The van der Waals surface area contributed by atoms with Gasteiger partial charge in [-0.1, -0.05) is 32.3 Å². The molecule has 0 unspecified atom stereocenters. The molecule has 84 valence electrons. The summed E-state index contributed by atoms with van der Waals surface area (Å²) < 4.78 is 14.1. The molecule has 0 amide bonds. The van der Waals surface area contributed by atoms with Crippen molar-refractivity contribution in [3.63, 3.8) is 0 Å². The molecule has 3 heteroatoms. The van der Waals surface area contributed by atoms with Crippen molar-refractivity contribution in [3.8, 4) is 0 Å². The van der Waals surface area contributed by atoms with Gasteiger partial charge in [0.15, 0.2) is 0 Å². The predicted octanol–water partition coefficient (Wildman–Crippen LogP) is 4.58. The highest BCUT2D eigenvalue weighted by Crippen LogP contribution is 2.24. The summed E-state index contributed by atoms with van der Waals surface area (Å²) in [4.78, 5) is 0. The summed E-state index contributed by atoms with van der Waals surface area (Å²) in [6.07, 6.45) is 4.77. The Labute approximate surface area is 99.2 Å². The zero-order valence-electron chi connectivity index (χ0n) is 9.02. The first-order valence-electron chi connectivity index (χ1n) is 5.43. The van der Waals surface area contributed by atoms with Crippen LogP contribution >= 0.6 is 15.9 Å². The molecule has 0 aromatic heterocycles. The van der Waals surface area contributed by atoms with Gasteiger partial charge in [-0.25, -0.2) is 4.39 Å². The van der Waals surface area contributed by atoms with Gasteiger partial charge in [-0.2, -0.15) is 0 Å². The van der Waals surface area contributed by atoms with Gasteiger partial charge in [-0.05, 0) is 34.5 Å². The third kappa shape index (κ3) is 4.20. The fraction of sp³-hybridized carbons (Fsp3) is 0.500. The van der Waals surface area contributed by atoms with Crippen LogP contribution < -0.4 is 5.32 Å². The molecule has 0 saturated heterocycles. The maximum atomic E-state index is 13.3. The summed E-state index contributed by atoms with van der Waals surface area (Å²) in [5, 5.41) is 3.12. The van der Waals surface area contributed by atoms with Crippen molar-refractivity contribution in [1.29, 1.82) is 0 Å². The van der Waals surface area contributed by atoms with E-state index in [1.165, 1.54) is 25.3 Å². The second-order valence-corrected chi connectivity index (χ2v) is 4.44. The van der Waals surface area contributed by atoms with Gasteiger partial charge in [0.25, 0.3) is 0 Å². The SMILES string of the molecule is CCCCCCNc1c(F)cccc1Br. The molecule has 0 saturated carbocycles. The molecule has 0 radical (unpaired) electrons. The Morgan fingerprint density at radius 2 is 2.07 bits per heavy atom. The average Bonchev–Trinajstić information content (AvgIpc) is 2.21. The van der Waals surface area contributed by atoms with Gasteiger partial charge in [0, 0.05) is 11.0 Å². The number of hydrogen-bond donors (Lipinski definition) is 1. The molecule has 0 aliphatic rings. The smallest absolute Gasteiger partial charge is 0.147 e. The van der Waals surface area contributed by atoms with Crippen molar-refractivity contribution in [1.82, 2.24) is 0 Å². The van der Waals surface area contributed by atoms with Crippen LogP contribution in [0.5, 0.6) is 0 Å². The van der Waals surface area contributed by atoms with E-state index in [2.05, 4.69) is 28.2 Å². The van der Waals surface area contributed by atoms with Gasteiger partial charge in [-0.3, -0.25) is 0 Å². The Morgan fingerprint density at radius 3 is 2.73 bits per heavy atom. The number of unbranched alkanes of at least 4 members (excludes halogenated alkanes) is 3. The fourth-order valence-electron chi connectivity index (χ4n) is 1.43. The third-order valence-corrected chi connectivity index (χ3v) is 2.96. The predicted molar refractivity (Wildman–Crippen MR) is 66.7 cm³/mol. The summed E-state index contributed by atoms with van der Waals surface area (Å²) >= 11 is 3.33. The zero-order valence-corrected chi connectivity index (χ0v) is 10.6. The highest BCUT2D eigenvalue weighted by molar-refractivity contribution is 9.10. The lowest BCUT2D eigenvalue weighted by atomic mass is 10.2.